The maximum Gasteiger partial charge on any atom is 0.311 e. The van der Waals surface area contributed by atoms with E-state index < -0.39 is 6.10 Å². The van der Waals surface area contributed by atoms with Gasteiger partial charge in [0, 0.05) is 10.9 Å². The molecule has 0 bridgehead atoms. The van der Waals surface area contributed by atoms with Gasteiger partial charge in [-0.3, -0.25) is 4.79 Å². The molecule has 26 heavy (non-hydrogen) atoms. The molecule has 0 unspecified atom stereocenters. The molecule has 0 aliphatic heterocycles. The van der Waals surface area contributed by atoms with Crippen molar-refractivity contribution in [3.05, 3.63) is 59.0 Å². The van der Waals surface area contributed by atoms with Crippen LogP contribution in [0.3, 0.4) is 0 Å². The molecule has 0 N–H and O–H groups in total. The van der Waals surface area contributed by atoms with Crippen molar-refractivity contribution in [2.75, 3.05) is 0 Å². The Kier molecular flexibility index (Phi) is 4.30. The van der Waals surface area contributed by atoms with Crippen molar-refractivity contribution in [3.8, 4) is 10.8 Å². The molecule has 3 heterocycles. The van der Waals surface area contributed by atoms with Gasteiger partial charge in [0.15, 0.2) is 6.10 Å². The summed E-state index contributed by atoms with van der Waals surface area (Å²) in [6, 6.07) is 9.68. The molecule has 6 nitrogen and oxygen atoms in total. The molecule has 0 amide bonds. The van der Waals surface area contributed by atoms with Gasteiger partial charge in [-0.1, -0.05) is 18.2 Å². The molecule has 4 rings (SSSR count). The maximum atomic E-state index is 12.3. The number of fused-ring (bicyclic) bond motifs is 1. The monoisotopic (exact) mass is 368 g/mol. The fourth-order valence-corrected chi connectivity index (χ4v) is 3.31. The number of hydrogen-bond acceptors (Lipinski definition) is 7. The predicted molar refractivity (Wildman–Crippen MR) is 96.8 cm³/mol. The molecule has 1 atom stereocenters. The standard InChI is InChI=1S/C19H16N2O4S/c1-11-5-6-14-13(10-23-15(14)8-11)9-17(22)24-12(2)18-20-21-19(25-18)16-4-3-7-26-16/h3-8,10,12H,9H2,1-2H3/t12-/m1/s1. The molecular weight excluding hydrogens is 352 g/mol. The quantitative estimate of drug-likeness (QED) is 0.475. The summed E-state index contributed by atoms with van der Waals surface area (Å²) in [7, 11) is 0. The van der Waals surface area contributed by atoms with Gasteiger partial charge >= 0.3 is 5.97 Å². The number of aryl methyl sites for hydroxylation is 1. The summed E-state index contributed by atoms with van der Waals surface area (Å²) in [5, 5.41) is 10.8. The molecule has 1 aromatic carbocycles. The van der Waals surface area contributed by atoms with E-state index in [1.54, 1.807) is 13.2 Å². The van der Waals surface area contributed by atoms with Gasteiger partial charge in [-0.05, 0) is 36.9 Å². The first-order valence-electron chi connectivity index (χ1n) is 8.13. The summed E-state index contributed by atoms with van der Waals surface area (Å²) in [6.45, 7) is 3.70. The summed E-state index contributed by atoms with van der Waals surface area (Å²) in [5.74, 6) is 0.320. The fraction of sp³-hybridized carbons (Fsp3) is 0.211. The third-order valence-corrected chi connectivity index (χ3v) is 4.83. The second-order valence-corrected chi connectivity index (χ2v) is 6.94. The first-order chi connectivity index (χ1) is 12.6. The van der Waals surface area contributed by atoms with E-state index in [0.717, 1.165) is 27.0 Å². The van der Waals surface area contributed by atoms with Gasteiger partial charge in [0.25, 0.3) is 11.8 Å². The highest BCUT2D eigenvalue weighted by atomic mass is 32.1. The summed E-state index contributed by atoms with van der Waals surface area (Å²) in [5.41, 5.74) is 2.66. The lowest BCUT2D eigenvalue weighted by molar-refractivity contribution is -0.148. The van der Waals surface area contributed by atoms with Crippen molar-refractivity contribution in [2.24, 2.45) is 0 Å². The first kappa shape index (κ1) is 16.5. The molecule has 0 aliphatic carbocycles. The Bertz CT molecular complexity index is 1050. The van der Waals surface area contributed by atoms with E-state index in [2.05, 4.69) is 10.2 Å². The second kappa shape index (κ2) is 6.76. The van der Waals surface area contributed by atoms with Crippen LogP contribution in [-0.4, -0.2) is 16.2 Å². The molecule has 0 saturated heterocycles. The van der Waals surface area contributed by atoms with E-state index in [1.807, 2.05) is 42.6 Å². The van der Waals surface area contributed by atoms with Gasteiger partial charge in [0.2, 0.25) is 0 Å². The van der Waals surface area contributed by atoms with Crippen LogP contribution in [0.25, 0.3) is 21.7 Å². The lowest BCUT2D eigenvalue weighted by Gasteiger charge is -2.08. The van der Waals surface area contributed by atoms with E-state index in [1.165, 1.54) is 11.3 Å². The van der Waals surface area contributed by atoms with Gasteiger partial charge in [0.1, 0.15) is 5.58 Å². The lowest BCUT2D eigenvalue weighted by Crippen LogP contribution is -2.11. The molecule has 0 saturated carbocycles. The molecule has 132 valence electrons. The summed E-state index contributed by atoms with van der Waals surface area (Å²) < 4.78 is 16.6. The molecule has 0 spiro atoms. The van der Waals surface area contributed by atoms with E-state index in [4.69, 9.17) is 13.6 Å². The van der Waals surface area contributed by atoms with Crippen LogP contribution in [0.2, 0.25) is 0 Å². The summed E-state index contributed by atoms with van der Waals surface area (Å²) in [4.78, 5) is 13.2. The number of carbonyl (C=O) groups excluding carboxylic acids is 1. The number of ether oxygens (including phenoxy) is 1. The molecule has 0 radical (unpaired) electrons. The number of benzene rings is 1. The highest BCUT2D eigenvalue weighted by Gasteiger charge is 2.20. The Morgan fingerprint density at radius 1 is 1.31 bits per heavy atom. The van der Waals surface area contributed by atoms with E-state index >= 15 is 0 Å². The van der Waals surface area contributed by atoms with Crippen LogP contribution in [0.5, 0.6) is 0 Å². The minimum absolute atomic E-state index is 0.117. The van der Waals surface area contributed by atoms with E-state index in [9.17, 15) is 4.79 Å². The number of aromatic nitrogens is 2. The molecule has 0 aliphatic rings. The minimum atomic E-state index is -0.621. The lowest BCUT2D eigenvalue weighted by atomic mass is 10.1. The number of nitrogens with zero attached hydrogens (tertiary/aromatic N) is 2. The number of thiophene rings is 1. The molecule has 0 fully saturated rings. The Morgan fingerprint density at radius 3 is 3.00 bits per heavy atom. The van der Waals surface area contributed by atoms with E-state index in [-0.39, 0.29) is 18.3 Å². The number of rotatable bonds is 5. The second-order valence-electron chi connectivity index (χ2n) is 5.99. The van der Waals surface area contributed by atoms with Crippen molar-refractivity contribution < 1.29 is 18.4 Å². The van der Waals surface area contributed by atoms with Crippen molar-refractivity contribution in [1.82, 2.24) is 10.2 Å². The third-order valence-electron chi connectivity index (χ3n) is 3.97. The van der Waals surface area contributed by atoms with Crippen molar-refractivity contribution in [3.63, 3.8) is 0 Å². The van der Waals surface area contributed by atoms with Crippen molar-refractivity contribution in [1.29, 1.82) is 0 Å². The number of furan rings is 1. The van der Waals surface area contributed by atoms with Crippen LogP contribution in [0.4, 0.5) is 0 Å². The summed E-state index contributed by atoms with van der Waals surface area (Å²) >= 11 is 1.51. The zero-order valence-corrected chi connectivity index (χ0v) is 15.1. The molecule has 3 aromatic heterocycles. The Labute approximate surface area is 153 Å². The van der Waals surface area contributed by atoms with Crippen LogP contribution in [0, 0.1) is 6.92 Å². The van der Waals surface area contributed by atoms with Gasteiger partial charge in [-0.2, -0.15) is 0 Å². The van der Waals surface area contributed by atoms with Gasteiger partial charge < -0.3 is 13.6 Å². The zero-order valence-electron chi connectivity index (χ0n) is 14.3. The highest BCUT2D eigenvalue weighted by Crippen LogP contribution is 2.27. The van der Waals surface area contributed by atoms with E-state index in [0.29, 0.717) is 5.89 Å². The van der Waals surface area contributed by atoms with Crippen LogP contribution in [0.15, 0.2) is 50.8 Å². The van der Waals surface area contributed by atoms with Gasteiger partial charge in [-0.15, -0.1) is 21.5 Å². The average Bonchev–Trinajstić information content (AvgIpc) is 3.35. The minimum Gasteiger partial charge on any atom is -0.464 e. The van der Waals surface area contributed by atoms with Crippen LogP contribution in [0.1, 0.15) is 30.0 Å². The van der Waals surface area contributed by atoms with Crippen LogP contribution >= 0.6 is 11.3 Å². The summed E-state index contributed by atoms with van der Waals surface area (Å²) in [6.07, 6.45) is 1.09. The van der Waals surface area contributed by atoms with Crippen molar-refractivity contribution >= 4 is 28.3 Å². The van der Waals surface area contributed by atoms with Gasteiger partial charge in [-0.25, -0.2) is 0 Å². The number of carbonyl (C=O) groups is 1. The predicted octanol–water partition coefficient (Wildman–Crippen LogP) is 4.70. The smallest absolute Gasteiger partial charge is 0.311 e. The Hall–Kier alpha value is -2.93. The number of esters is 1. The maximum absolute atomic E-state index is 12.3. The molecular formula is C19H16N2O4S. The van der Waals surface area contributed by atoms with Gasteiger partial charge in [0.05, 0.1) is 17.6 Å². The molecule has 7 heteroatoms. The zero-order chi connectivity index (χ0) is 18.1. The first-order valence-corrected chi connectivity index (χ1v) is 9.01. The molecule has 4 aromatic rings. The largest absolute Gasteiger partial charge is 0.464 e. The highest BCUT2D eigenvalue weighted by molar-refractivity contribution is 7.13. The third kappa shape index (κ3) is 3.25. The Balaban J connectivity index is 1.44. The Morgan fingerprint density at radius 2 is 2.19 bits per heavy atom. The SMILES string of the molecule is Cc1ccc2c(CC(=O)O[C@H](C)c3nnc(-c4cccs4)o3)coc2c1. The average molecular weight is 368 g/mol. The topological polar surface area (TPSA) is 78.4 Å². The van der Waals surface area contributed by atoms with Crippen molar-refractivity contribution in [2.45, 2.75) is 26.4 Å². The van der Waals surface area contributed by atoms with Crippen LogP contribution in [-0.2, 0) is 16.0 Å². The number of hydrogen-bond donors (Lipinski definition) is 0. The van der Waals surface area contributed by atoms with Crippen LogP contribution < -0.4 is 0 Å². The fourth-order valence-electron chi connectivity index (χ4n) is 2.67. The normalized spacial score (nSPS) is 12.4.